The van der Waals surface area contributed by atoms with E-state index in [1.54, 1.807) is 5.56 Å². The Morgan fingerprint density at radius 1 is 0.531 bits per heavy atom. The molecule has 0 aliphatic heterocycles. The Hall–Kier alpha value is -2.42. The van der Waals surface area contributed by atoms with Gasteiger partial charge in [0.2, 0.25) is 0 Å². The number of unbranched alkanes of at least 4 members (excludes halogenated alkanes) is 5. The maximum Gasteiger partial charge on any atom is 0.0424 e. The summed E-state index contributed by atoms with van der Waals surface area (Å²) in [4.78, 5) is 0. The number of thiophene rings is 2. The van der Waals surface area contributed by atoms with Crippen LogP contribution in [0.3, 0.4) is 0 Å². The number of hydrogen-bond acceptors (Lipinski definition) is 2. The standard InChI is InChI=1S/C30H28S2/c1-2-3-4-5-6-7-8-21-19-32-30-22(21)11-12-26-24-13-15-27-25(23(24)14-16-28(26)30)10-9-20-17-18-31-29(20)27/h9-19H,2-8H2,1H3. The third-order valence-electron chi connectivity index (χ3n) is 7.02. The molecule has 160 valence electrons. The van der Waals surface area contributed by atoms with E-state index in [9.17, 15) is 0 Å². The molecule has 0 unspecified atom stereocenters. The highest BCUT2D eigenvalue weighted by molar-refractivity contribution is 7.18. The summed E-state index contributed by atoms with van der Waals surface area (Å²) in [5.74, 6) is 0. The minimum atomic E-state index is 1.21. The van der Waals surface area contributed by atoms with Crippen LogP contribution in [0.25, 0.3) is 52.5 Å². The van der Waals surface area contributed by atoms with Crippen LogP contribution in [0.4, 0.5) is 0 Å². The van der Waals surface area contributed by atoms with E-state index >= 15 is 0 Å². The number of aryl methyl sites for hydroxylation is 1. The lowest BCUT2D eigenvalue weighted by atomic mass is 9.95. The molecular formula is C30H28S2. The molecule has 2 heteroatoms. The lowest BCUT2D eigenvalue weighted by Crippen LogP contribution is -1.86. The Kier molecular flexibility index (Phi) is 5.37. The van der Waals surface area contributed by atoms with E-state index in [-0.39, 0.29) is 0 Å². The molecule has 0 fully saturated rings. The fraction of sp³-hybridized carbons (Fsp3) is 0.267. The molecule has 0 spiro atoms. The van der Waals surface area contributed by atoms with E-state index in [2.05, 4.69) is 72.3 Å². The molecule has 6 aromatic rings. The second-order valence-corrected chi connectivity index (χ2v) is 10.8. The van der Waals surface area contributed by atoms with Gasteiger partial charge in [0.05, 0.1) is 0 Å². The third kappa shape index (κ3) is 3.32. The van der Waals surface area contributed by atoms with Gasteiger partial charge >= 0.3 is 0 Å². The predicted molar refractivity (Wildman–Crippen MR) is 147 cm³/mol. The Morgan fingerprint density at radius 2 is 1.12 bits per heavy atom. The van der Waals surface area contributed by atoms with Crippen molar-refractivity contribution in [2.75, 3.05) is 0 Å². The van der Waals surface area contributed by atoms with Crippen molar-refractivity contribution < 1.29 is 0 Å². The molecule has 0 aliphatic carbocycles. The Labute approximate surface area is 197 Å². The van der Waals surface area contributed by atoms with Gasteiger partial charge in [-0.3, -0.25) is 0 Å². The topological polar surface area (TPSA) is 0 Å². The minimum Gasteiger partial charge on any atom is -0.143 e. The molecule has 0 saturated carbocycles. The molecule has 6 rings (SSSR count). The summed E-state index contributed by atoms with van der Waals surface area (Å²) in [7, 11) is 0. The van der Waals surface area contributed by atoms with Crippen LogP contribution in [0.1, 0.15) is 51.0 Å². The van der Waals surface area contributed by atoms with E-state index in [0.29, 0.717) is 0 Å². The number of fused-ring (bicyclic) bond motifs is 9. The highest BCUT2D eigenvalue weighted by Crippen LogP contribution is 2.40. The second-order valence-electron chi connectivity index (χ2n) is 9.04. The Bertz CT molecular complexity index is 1560. The molecule has 0 radical (unpaired) electrons. The fourth-order valence-electron chi connectivity index (χ4n) is 5.30. The van der Waals surface area contributed by atoms with Gasteiger partial charge in [0, 0.05) is 20.2 Å². The van der Waals surface area contributed by atoms with Crippen LogP contribution in [0.15, 0.2) is 65.4 Å². The molecule has 2 heterocycles. The van der Waals surface area contributed by atoms with Crippen molar-refractivity contribution in [2.24, 2.45) is 0 Å². The van der Waals surface area contributed by atoms with Crippen LogP contribution in [0.5, 0.6) is 0 Å². The maximum atomic E-state index is 2.41. The number of rotatable bonds is 7. The van der Waals surface area contributed by atoms with Crippen molar-refractivity contribution in [3.63, 3.8) is 0 Å². The quantitative estimate of drug-likeness (QED) is 0.167. The summed E-state index contributed by atoms with van der Waals surface area (Å²) in [5.41, 5.74) is 1.54. The van der Waals surface area contributed by atoms with Crippen molar-refractivity contribution in [3.8, 4) is 0 Å². The fourth-order valence-corrected chi connectivity index (χ4v) is 7.36. The summed E-state index contributed by atoms with van der Waals surface area (Å²) in [6.45, 7) is 2.29. The largest absolute Gasteiger partial charge is 0.143 e. The van der Waals surface area contributed by atoms with Crippen molar-refractivity contribution >= 4 is 75.2 Å². The van der Waals surface area contributed by atoms with Gasteiger partial charge in [-0.2, -0.15) is 0 Å². The third-order valence-corrected chi connectivity index (χ3v) is 9.07. The van der Waals surface area contributed by atoms with Gasteiger partial charge in [-0.1, -0.05) is 87.6 Å². The summed E-state index contributed by atoms with van der Waals surface area (Å²) < 4.78 is 2.86. The van der Waals surface area contributed by atoms with Crippen molar-refractivity contribution in [1.82, 2.24) is 0 Å². The van der Waals surface area contributed by atoms with E-state index in [1.165, 1.54) is 97.4 Å². The zero-order valence-corrected chi connectivity index (χ0v) is 20.3. The first-order valence-corrected chi connectivity index (χ1v) is 13.8. The molecule has 2 aromatic heterocycles. The SMILES string of the molecule is CCCCCCCCc1csc2c1ccc1c3ccc4c(ccc5ccsc54)c3ccc12. The molecule has 0 saturated heterocycles. The highest BCUT2D eigenvalue weighted by Gasteiger charge is 2.12. The van der Waals surface area contributed by atoms with Gasteiger partial charge in [0.1, 0.15) is 0 Å². The minimum absolute atomic E-state index is 1.21. The normalized spacial score (nSPS) is 12.2. The summed E-state index contributed by atoms with van der Waals surface area (Å²) in [5, 5.41) is 15.7. The average Bonchev–Trinajstić information content (AvgIpc) is 3.48. The van der Waals surface area contributed by atoms with Gasteiger partial charge in [0.25, 0.3) is 0 Å². The van der Waals surface area contributed by atoms with E-state index < -0.39 is 0 Å². The van der Waals surface area contributed by atoms with Gasteiger partial charge in [-0.05, 0) is 67.5 Å². The van der Waals surface area contributed by atoms with Crippen molar-refractivity contribution in [1.29, 1.82) is 0 Å². The summed E-state index contributed by atoms with van der Waals surface area (Å²) in [6, 6.07) is 20.9. The monoisotopic (exact) mass is 452 g/mol. The van der Waals surface area contributed by atoms with Gasteiger partial charge in [0.15, 0.2) is 0 Å². The lowest BCUT2D eigenvalue weighted by molar-refractivity contribution is 0.608. The maximum absolute atomic E-state index is 2.41. The zero-order valence-electron chi connectivity index (χ0n) is 18.6. The summed E-state index contributed by atoms with van der Waals surface area (Å²) in [6.07, 6.45) is 9.38. The molecule has 4 aromatic carbocycles. The zero-order chi connectivity index (χ0) is 21.5. The Morgan fingerprint density at radius 3 is 1.91 bits per heavy atom. The smallest absolute Gasteiger partial charge is 0.0424 e. The molecule has 32 heavy (non-hydrogen) atoms. The van der Waals surface area contributed by atoms with Crippen LogP contribution < -0.4 is 0 Å². The lowest BCUT2D eigenvalue weighted by Gasteiger charge is -2.09. The average molecular weight is 453 g/mol. The van der Waals surface area contributed by atoms with Crippen molar-refractivity contribution in [3.05, 3.63) is 70.9 Å². The predicted octanol–water partition coefficient (Wildman–Crippen LogP) is 10.5. The van der Waals surface area contributed by atoms with E-state index in [1.807, 2.05) is 22.7 Å². The van der Waals surface area contributed by atoms with Crippen LogP contribution >= 0.6 is 22.7 Å². The molecular weight excluding hydrogens is 424 g/mol. The van der Waals surface area contributed by atoms with Gasteiger partial charge < -0.3 is 0 Å². The first-order valence-electron chi connectivity index (χ1n) is 12.0. The second kappa shape index (κ2) is 8.50. The molecule has 0 nitrogen and oxygen atoms in total. The van der Waals surface area contributed by atoms with E-state index in [4.69, 9.17) is 0 Å². The Balaban J connectivity index is 1.40. The van der Waals surface area contributed by atoms with Gasteiger partial charge in [-0.15, -0.1) is 22.7 Å². The van der Waals surface area contributed by atoms with Crippen molar-refractivity contribution in [2.45, 2.75) is 51.9 Å². The van der Waals surface area contributed by atoms with Crippen LogP contribution in [-0.4, -0.2) is 0 Å². The van der Waals surface area contributed by atoms with Gasteiger partial charge in [-0.25, -0.2) is 0 Å². The molecule has 0 bridgehead atoms. The molecule has 0 N–H and O–H groups in total. The molecule has 0 amide bonds. The van der Waals surface area contributed by atoms with Crippen LogP contribution in [-0.2, 0) is 6.42 Å². The van der Waals surface area contributed by atoms with Crippen LogP contribution in [0.2, 0.25) is 0 Å². The van der Waals surface area contributed by atoms with E-state index in [0.717, 1.165) is 0 Å². The highest BCUT2D eigenvalue weighted by atomic mass is 32.1. The molecule has 0 aliphatic rings. The first-order chi connectivity index (χ1) is 15.8. The van der Waals surface area contributed by atoms with Crippen LogP contribution in [0, 0.1) is 0 Å². The summed E-state index contributed by atoms with van der Waals surface area (Å²) >= 11 is 3.78. The number of benzene rings is 4. The molecule has 0 atom stereocenters. The number of hydrogen-bond donors (Lipinski definition) is 0. The first kappa shape index (κ1) is 20.2.